The highest BCUT2D eigenvalue weighted by Crippen LogP contribution is 2.29. The van der Waals surface area contributed by atoms with Gasteiger partial charge in [0.2, 0.25) is 0 Å². The van der Waals surface area contributed by atoms with Gasteiger partial charge in [-0.25, -0.2) is 5.43 Å². The number of rotatable bonds is 6. The molecule has 0 spiro atoms. The number of nitrogens with one attached hydrogen (secondary N) is 1. The molecule has 4 nitrogen and oxygen atoms in total. The van der Waals surface area contributed by atoms with Crippen LogP contribution >= 0.6 is 27.5 Å². The molecule has 0 saturated heterocycles. The van der Waals surface area contributed by atoms with Crippen molar-refractivity contribution in [2.45, 2.75) is 19.4 Å². The van der Waals surface area contributed by atoms with E-state index in [0.717, 1.165) is 27.8 Å². The van der Waals surface area contributed by atoms with Crippen molar-refractivity contribution in [2.75, 3.05) is 6.61 Å². The Kier molecular flexibility index (Phi) is 5.99. The zero-order valence-electron chi connectivity index (χ0n) is 11.6. The number of hydrazine groups is 1. The summed E-state index contributed by atoms with van der Waals surface area (Å²) < 4.78 is 6.45. The minimum Gasteiger partial charge on any atom is -0.492 e. The maximum Gasteiger partial charge on any atom is 0.137 e. The highest BCUT2D eigenvalue weighted by atomic mass is 79.9. The van der Waals surface area contributed by atoms with Crippen LogP contribution in [0.25, 0.3) is 0 Å². The van der Waals surface area contributed by atoms with Gasteiger partial charge in [0.1, 0.15) is 5.75 Å². The summed E-state index contributed by atoms with van der Waals surface area (Å²) in [6.45, 7) is 2.72. The lowest BCUT2D eigenvalue weighted by molar-refractivity contribution is 0.315. The molecular weight excluding hydrogens is 354 g/mol. The first kappa shape index (κ1) is 16.2. The molecule has 1 aromatic heterocycles. The maximum absolute atomic E-state index is 6.15. The van der Waals surface area contributed by atoms with Crippen molar-refractivity contribution in [2.24, 2.45) is 5.84 Å². The van der Waals surface area contributed by atoms with E-state index in [-0.39, 0.29) is 6.04 Å². The first-order valence-corrected chi connectivity index (χ1v) is 7.81. The van der Waals surface area contributed by atoms with Crippen molar-refractivity contribution < 1.29 is 4.74 Å². The topological polar surface area (TPSA) is 60.2 Å². The Balaban J connectivity index is 2.30. The molecule has 1 heterocycles. The summed E-state index contributed by atoms with van der Waals surface area (Å²) >= 11 is 9.53. The van der Waals surface area contributed by atoms with E-state index >= 15 is 0 Å². The lowest BCUT2D eigenvalue weighted by Crippen LogP contribution is -2.29. The molecule has 1 unspecified atom stereocenters. The molecule has 3 N–H and O–H groups in total. The predicted molar refractivity (Wildman–Crippen MR) is 88.3 cm³/mol. The highest BCUT2D eigenvalue weighted by molar-refractivity contribution is 9.10. The monoisotopic (exact) mass is 369 g/mol. The fourth-order valence-corrected chi connectivity index (χ4v) is 2.40. The number of nitrogens with zero attached hydrogens (tertiary/aromatic N) is 1. The van der Waals surface area contributed by atoms with Gasteiger partial charge in [-0.3, -0.25) is 10.8 Å². The summed E-state index contributed by atoms with van der Waals surface area (Å²) in [7, 11) is 0. The fourth-order valence-electron chi connectivity index (χ4n) is 1.97. The number of hydrogen-bond acceptors (Lipinski definition) is 4. The predicted octanol–water partition coefficient (Wildman–Crippen LogP) is 3.84. The quantitative estimate of drug-likeness (QED) is 0.599. The molecule has 0 aliphatic carbocycles. The number of ether oxygens (including phenoxy) is 1. The van der Waals surface area contributed by atoms with E-state index in [4.69, 9.17) is 22.2 Å². The molecule has 0 aliphatic heterocycles. The summed E-state index contributed by atoms with van der Waals surface area (Å²) in [5, 5.41) is 0.638. The van der Waals surface area contributed by atoms with Crippen LogP contribution in [0.5, 0.6) is 5.75 Å². The lowest BCUT2D eigenvalue weighted by Gasteiger charge is -2.18. The second-order valence-electron chi connectivity index (χ2n) is 4.58. The molecule has 0 bridgehead atoms. The van der Waals surface area contributed by atoms with E-state index in [1.807, 2.05) is 24.3 Å². The molecule has 1 aromatic carbocycles. The van der Waals surface area contributed by atoms with Crippen LogP contribution < -0.4 is 16.0 Å². The average molecular weight is 371 g/mol. The third-order valence-electron chi connectivity index (χ3n) is 2.98. The smallest absolute Gasteiger partial charge is 0.137 e. The molecule has 6 heteroatoms. The first-order valence-electron chi connectivity index (χ1n) is 6.64. The summed E-state index contributed by atoms with van der Waals surface area (Å²) in [5.74, 6) is 6.44. The van der Waals surface area contributed by atoms with Gasteiger partial charge < -0.3 is 4.74 Å². The molecule has 1 atom stereocenters. The van der Waals surface area contributed by atoms with Gasteiger partial charge in [0.05, 0.1) is 23.9 Å². The zero-order chi connectivity index (χ0) is 15.2. The molecule has 0 amide bonds. The van der Waals surface area contributed by atoms with Crippen molar-refractivity contribution in [3.8, 4) is 5.75 Å². The van der Waals surface area contributed by atoms with E-state index in [0.29, 0.717) is 11.6 Å². The fraction of sp³-hybridized carbons (Fsp3) is 0.267. The number of benzene rings is 1. The third kappa shape index (κ3) is 4.17. The van der Waals surface area contributed by atoms with Gasteiger partial charge in [-0.05, 0) is 51.7 Å². The second-order valence-corrected chi connectivity index (χ2v) is 5.84. The minimum atomic E-state index is -0.201. The first-order chi connectivity index (χ1) is 10.2. The van der Waals surface area contributed by atoms with Crippen LogP contribution in [0.4, 0.5) is 0 Å². The van der Waals surface area contributed by atoms with E-state index in [1.165, 1.54) is 0 Å². The zero-order valence-corrected chi connectivity index (χ0v) is 14.0. The number of nitrogens with two attached hydrogens (primary N) is 1. The number of halogens is 2. The Hall–Kier alpha value is -1.14. The maximum atomic E-state index is 6.15. The van der Waals surface area contributed by atoms with Gasteiger partial charge in [-0.2, -0.15) is 0 Å². The van der Waals surface area contributed by atoms with Crippen LogP contribution in [-0.4, -0.2) is 11.6 Å². The van der Waals surface area contributed by atoms with Gasteiger partial charge in [-0.15, -0.1) is 0 Å². The molecule has 2 rings (SSSR count). The highest BCUT2D eigenvalue weighted by Gasteiger charge is 2.15. The van der Waals surface area contributed by atoms with E-state index in [2.05, 4.69) is 33.3 Å². The van der Waals surface area contributed by atoms with Crippen LogP contribution in [-0.2, 0) is 0 Å². The minimum absolute atomic E-state index is 0.201. The van der Waals surface area contributed by atoms with Crippen LogP contribution in [0.15, 0.2) is 41.1 Å². The standard InChI is InChI=1S/C15H17BrClN3O/c1-2-5-21-12-6-11(8-19-9-12)15(20-18)10-3-4-13(16)14(17)7-10/h3-4,6-9,15,20H,2,5,18H2,1H3. The van der Waals surface area contributed by atoms with E-state index < -0.39 is 0 Å². The Bertz CT molecular complexity index is 609. The van der Waals surface area contributed by atoms with Crippen LogP contribution in [0.1, 0.15) is 30.5 Å². The molecule has 0 aliphatic rings. The van der Waals surface area contributed by atoms with Crippen molar-refractivity contribution in [3.05, 3.63) is 57.3 Å². The van der Waals surface area contributed by atoms with Gasteiger partial charge >= 0.3 is 0 Å². The lowest BCUT2D eigenvalue weighted by atomic mass is 10.0. The van der Waals surface area contributed by atoms with Gasteiger partial charge in [-0.1, -0.05) is 24.6 Å². The Labute approximate surface area is 137 Å². The van der Waals surface area contributed by atoms with Crippen molar-refractivity contribution in [1.29, 1.82) is 0 Å². The Morgan fingerprint density at radius 3 is 2.81 bits per heavy atom. The molecule has 112 valence electrons. The summed E-state index contributed by atoms with van der Waals surface area (Å²) in [4.78, 5) is 4.21. The van der Waals surface area contributed by atoms with E-state index in [9.17, 15) is 0 Å². The summed E-state index contributed by atoms with van der Waals surface area (Å²) in [6.07, 6.45) is 4.41. The van der Waals surface area contributed by atoms with E-state index in [1.54, 1.807) is 12.4 Å². The largest absolute Gasteiger partial charge is 0.492 e. The molecule has 21 heavy (non-hydrogen) atoms. The van der Waals surface area contributed by atoms with Gasteiger partial charge in [0.15, 0.2) is 0 Å². The van der Waals surface area contributed by atoms with Gasteiger partial charge in [0, 0.05) is 10.7 Å². The number of hydrogen-bond donors (Lipinski definition) is 2. The van der Waals surface area contributed by atoms with Crippen LogP contribution in [0.3, 0.4) is 0 Å². The Morgan fingerprint density at radius 1 is 1.33 bits per heavy atom. The summed E-state index contributed by atoms with van der Waals surface area (Å²) in [6, 6.07) is 7.46. The number of aromatic nitrogens is 1. The average Bonchev–Trinajstić information content (AvgIpc) is 2.50. The normalized spacial score (nSPS) is 12.2. The Morgan fingerprint density at radius 2 is 2.14 bits per heavy atom. The van der Waals surface area contributed by atoms with Crippen molar-refractivity contribution in [3.63, 3.8) is 0 Å². The molecule has 2 aromatic rings. The summed E-state index contributed by atoms with van der Waals surface area (Å²) in [5.41, 5.74) is 4.67. The molecule has 0 radical (unpaired) electrons. The second kappa shape index (κ2) is 7.75. The molecule has 0 fully saturated rings. The number of pyridine rings is 1. The van der Waals surface area contributed by atoms with Crippen molar-refractivity contribution in [1.82, 2.24) is 10.4 Å². The van der Waals surface area contributed by atoms with Crippen molar-refractivity contribution >= 4 is 27.5 Å². The van der Waals surface area contributed by atoms with Gasteiger partial charge in [0.25, 0.3) is 0 Å². The molecular formula is C15H17BrClN3O. The van der Waals surface area contributed by atoms with Crippen LogP contribution in [0.2, 0.25) is 5.02 Å². The third-order valence-corrected chi connectivity index (χ3v) is 4.22. The van der Waals surface area contributed by atoms with Crippen LogP contribution in [0, 0.1) is 0 Å². The molecule has 0 saturated carbocycles. The SMILES string of the molecule is CCCOc1cncc(C(NN)c2ccc(Br)c(Cl)c2)c1.